The van der Waals surface area contributed by atoms with Gasteiger partial charge in [-0.15, -0.1) is 0 Å². The van der Waals surface area contributed by atoms with Crippen LogP contribution in [-0.4, -0.2) is 9.38 Å². The lowest BCUT2D eigenvalue weighted by Crippen LogP contribution is -2.04. The first-order valence-electron chi connectivity index (χ1n) is 2.78. The summed E-state index contributed by atoms with van der Waals surface area (Å²) in [7, 11) is 0. The quantitative estimate of drug-likeness (QED) is 0.469. The van der Waals surface area contributed by atoms with Crippen LogP contribution in [0.25, 0.3) is 4.83 Å². The summed E-state index contributed by atoms with van der Waals surface area (Å²) in [4.78, 5) is 5.03. The molecule has 3 N–H and O–H groups in total. The van der Waals surface area contributed by atoms with Crippen molar-refractivity contribution in [3.63, 3.8) is 0 Å². The number of nitrogen functional groups attached to an aromatic ring is 1. The van der Waals surface area contributed by atoms with Gasteiger partial charge in [-0.05, 0) is 0 Å². The molecule has 2 rings (SSSR count). The Labute approximate surface area is 61.3 Å². The van der Waals surface area contributed by atoms with Crippen LogP contribution in [0.5, 0.6) is 0 Å². The van der Waals surface area contributed by atoms with E-state index in [2.05, 4.69) is 10.4 Å². The van der Waals surface area contributed by atoms with Crippen molar-refractivity contribution in [3.05, 3.63) is 18.7 Å². The molecule has 2 aromatic heterocycles. The van der Waals surface area contributed by atoms with Gasteiger partial charge in [-0.1, -0.05) is 11.3 Å². The molecule has 0 radical (unpaired) electrons. The number of fused-ring (bicyclic) bond motifs is 1. The molecular weight excluding hydrogens is 148 g/mol. The lowest BCUT2D eigenvalue weighted by Gasteiger charge is -1.86. The molecule has 5 heteroatoms. The fourth-order valence-electron chi connectivity index (χ4n) is 0.801. The monoisotopic (exact) mass is 154 g/mol. The molecule has 0 unspecified atom stereocenters. The van der Waals surface area contributed by atoms with E-state index < -0.39 is 0 Å². The zero-order valence-electron chi connectivity index (χ0n) is 5.11. The molecule has 0 aliphatic heterocycles. The van der Waals surface area contributed by atoms with Gasteiger partial charge in [0.15, 0.2) is 0 Å². The Kier molecular flexibility index (Phi) is 1.12. The van der Waals surface area contributed by atoms with Crippen LogP contribution < -0.4 is 11.3 Å². The zero-order valence-corrected chi connectivity index (χ0v) is 5.93. The van der Waals surface area contributed by atoms with Gasteiger partial charge in [-0.2, -0.15) is 0 Å². The molecule has 0 amide bonds. The van der Waals surface area contributed by atoms with Crippen LogP contribution in [0.2, 0.25) is 0 Å². The van der Waals surface area contributed by atoms with Crippen molar-refractivity contribution in [1.82, 2.24) is 9.38 Å². The second-order valence-electron chi connectivity index (χ2n) is 1.88. The molecule has 0 aliphatic carbocycles. The number of thiazole rings is 1. The molecule has 0 aliphatic rings. The van der Waals surface area contributed by atoms with Crippen molar-refractivity contribution in [3.8, 4) is 0 Å². The molecule has 52 valence electrons. The minimum atomic E-state index is 0.942. The fourth-order valence-corrected chi connectivity index (χ4v) is 1.57. The molecule has 10 heavy (non-hydrogen) atoms. The van der Waals surface area contributed by atoms with E-state index in [4.69, 9.17) is 5.84 Å². The number of hydrogen-bond acceptors (Lipinski definition) is 4. The summed E-state index contributed by atoms with van der Waals surface area (Å²) in [6.45, 7) is 0. The van der Waals surface area contributed by atoms with Gasteiger partial charge in [0.05, 0.1) is 12.5 Å². The highest BCUT2D eigenvalue weighted by Gasteiger charge is 1.97. The van der Waals surface area contributed by atoms with E-state index in [1.165, 1.54) is 0 Å². The number of nitrogens with two attached hydrogens (primary N) is 1. The summed E-state index contributed by atoms with van der Waals surface area (Å²) < 4.78 is 1.92. The summed E-state index contributed by atoms with van der Waals surface area (Å²) in [5.41, 5.74) is 2.57. The van der Waals surface area contributed by atoms with E-state index in [1.807, 2.05) is 10.6 Å². The highest BCUT2D eigenvalue weighted by atomic mass is 32.1. The number of anilines is 1. The average Bonchev–Trinajstić information content (AvgIpc) is 2.42. The lowest BCUT2D eigenvalue weighted by atomic mass is 10.8. The van der Waals surface area contributed by atoms with Crippen LogP contribution in [0.1, 0.15) is 0 Å². The second-order valence-corrected chi connectivity index (χ2v) is 2.94. The number of rotatable bonds is 1. The summed E-state index contributed by atoms with van der Waals surface area (Å²) in [5.74, 6) is 5.20. The van der Waals surface area contributed by atoms with E-state index in [9.17, 15) is 0 Å². The third-order valence-corrected chi connectivity index (χ3v) is 2.21. The molecule has 4 nitrogen and oxygen atoms in total. The van der Waals surface area contributed by atoms with Gasteiger partial charge >= 0.3 is 0 Å². The lowest BCUT2D eigenvalue weighted by molar-refractivity contribution is 1.17. The van der Waals surface area contributed by atoms with Crippen molar-refractivity contribution in [2.75, 3.05) is 5.43 Å². The van der Waals surface area contributed by atoms with E-state index in [0.29, 0.717) is 0 Å². The van der Waals surface area contributed by atoms with Crippen LogP contribution in [0.4, 0.5) is 5.00 Å². The third-order valence-electron chi connectivity index (χ3n) is 1.24. The number of hydrogen-bond donors (Lipinski definition) is 2. The number of imidazole rings is 1. The maximum Gasteiger partial charge on any atom is 0.121 e. The van der Waals surface area contributed by atoms with E-state index >= 15 is 0 Å². The molecule has 0 atom stereocenters. The maximum absolute atomic E-state index is 5.20. The molecule has 2 aromatic rings. The Bertz CT molecular complexity index is 307. The van der Waals surface area contributed by atoms with E-state index in [0.717, 1.165) is 9.83 Å². The standard InChI is InChI=1S/C5H6N4S/c6-8-4-2-9-3-7-1-5(9)10-4/h1-3,8H,6H2. The fraction of sp³-hybridized carbons (Fsp3) is 0. The first-order chi connectivity index (χ1) is 4.90. The summed E-state index contributed by atoms with van der Waals surface area (Å²) in [5, 5.41) is 0.942. The molecule has 0 bridgehead atoms. The summed E-state index contributed by atoms with van der Waals surface area (Å²) in [6.07, 6.45) is 5.44. The summed E-state index contributed by atoms with van der Waals surface area (Å²) >= 11 is 1.57. The van der Waals surface area contributed by atoms with Crippen LogP contribution >= 0.6 is 11.3 Å². The van der Waals surface area contributed by atoms with Gasteiger partial charge in [0, 0.05) is 6.20 Å². The molecule has 0 saturated heterocycles. The van der Waals surface area contributed by atoms with Crippen molar-refractivity contribution in [2.45, 2.75) is 0 Å². The molecule has 2 heterocycles. The number of hydrazine groups is 1. The van der Waals surface area contributed by atoms with Crippen LogP contribution in [0.3, 0.4) is 0 Å². The van der Waals surface area contributed by atoms with Crippen LogP contribution in [-0.2, 0) is 0 Å². The maximum atomic E-state index is 5.20. The largest absolute Gasteiger partial charge is 0.314 e. The Balaban J connectivity index is 2.67. The van der Waals surface area contributed by atoms with E-state index in [1.54, 1.807) is 23.9 Å². The van der Waals surface area contributed by atoms with Gasteiger partial charge in [-0.3, -0.25) is 4.40 Å². The number of nitrogens with one attached hydrogen (secondary N) is 1. The van der Waals surface area contributed by atoms with Gasteiger partial charge in [-0.25, -0.2) is 10.8 Å². The van der Waals surface area contributed by atoms with Crippen molar-refractivity contribution < 1.29 is 0 Å². The smallest absolute Gasteiger partial charge is 0.121 e. The molecule has 0 spiro atoms. The Morgan fingerprint density at radius 2 is 2.60 bits per heavy atom. The SMILES string of the molecule is NNc1cn2cncc2s1. The minimum absolute atomic E-state index is 0.942. The van der Waals surface area contributed by atoms with Crippen molar-refractivity contribution in [1.29, 1.82) is 0 Å². The predicted octanol–water partition coefficient (Wildman–Crippen LogP) is 0.681. The van der Waals surface area contributed by atoms with Crippen molar-refractivity contribution in [2.24, 2.45) is 5.84 Å². The van der Waals surface area contributed by atoms with Gasteiger partial charge in [0.2, 0.25) is 0 Å². The molecule has 0 aromatic carbocycles. The van der Waals surface area contributed by atoms with Gasteiger partial charge < -0.3 is 5.43 Å². The highest BCUT2D eigenvalue weighted by Crippen LogP contribution is 2.20. The predicted molar refractivity (Wildman–Crippen MR) is 40.9 cm³/mol. The minimum Gasteiger partial charge on any atom is -0.314 e. The van der Waals surface area contributed by atoms with Gasteiger partial charge in [0.25, 0.3) is 0 Å². The van der Waals surface area contributed by atoms with Gasteiger partial charge in [0.1, 0.15) is 9.83 Å². The van der Waals surface area contributed by atoms with Crippen molar-refractivity contribution >= 4 is 21.2 Å². The Hall–Kier alpha value is -1.07. The topological polar surface area (TPSA) is 55.3 Å². The average molecular weight is 154 g/mol. The van der Waals surface area contributed by atoms with Crippen LogP contribution in [0, 0.1) is 0 Å². The second kappa shape index (κ2) is 1.96. The number of aromatic nitrogens is 2. The first kappa shape index (κ1) is 5.70. The van der Waals surface area contributed by atoms with E-state index in [-0.39, 0.29) is 0 Å². The first-order valence-corrected chi connectivity index (χ1v) is 3.60. The summed E-state index contributed by atoms with van der Waals surface area (Å²) in [6, 6.07) is 0. The highest BCUT2D eigenvalue weighted by molar-refractivity contribution is 7.21. The Morgan fingerprint density at radius 3 is 3.30 bits per heavy atom. The Morgan fingerprint density at radius 1 is 1.70 bits per heavy atom. The third kappa shape index (κ3) is 0.680. The molecular formula is C5H6N4S. The van der Waals surface area contributed by atoms with Crippen LogP contribution in [0.15, 0.2) is 18.7 Å². The molecule has 0 fully saturated rings. The zero-order chi connectivity index (χ0) is 6.97. The number of nitrogens with zero attached hydrogens (tertiary/aromatic N) is 2. The molecule has 0 saturated carbocycles. The normalized spacial score (nSPS) is 10.5.